The van der Waals surface area contributed by atoms with E-state index in [9.17, 15) is 4.79 Å². The molecule has 0 bridgehead atoms. The molecule has 72 valence electrons. The normalized spacial score (nSPS) is 17.5. The molecular weight excluding hydrogens is 164 g/mol. The second kappa shape index (κ2) is 5.57. The molecule has 2 heteroatoms. The molecule has 0 aliphatic heterocycles. The Morgan fingerprint density at radius 2 is 2.00 bits per heavy atom. The minimum Gasteiger partial charge on any atom is -0.466 e. The molecule has 0 N–H and O–H groups in total. The number of hydrogen-bond acceptors (Lipinski definition) is 2. The summed E-state index contributed by atoms with van der Waals surface area (Å²) in [5, 5.41) is 0. The van der Waals surface area contributed by atoms with Gasteiger partial charge in [0.15, 0.2) is 0 Å². The zero-order valence-corrected chi connectivity index (χ0v) is 8.08. The zero-order chi connectivity index (χ0) is 9.52. The summed E-state index contributed by atoms with van der Waals surface area (Å²) in [6, 6.07) is 0. The number of methoxy groups -OCH3 is 1. The van der Waals surface area contributed by atoms with Crippen molar-refractivity contribution in [1.29, 1.82) is 0 Å². The Kier molecular flexibility index (Phi) is 4.30. The lowest BCUT2D eigenvalue weighted by Crippen LogP contribution is -1.94. The maximum atomic E-state index is 10.7. The Morgan fingerprint density at radius 3 is 2.62 bits per heavy atom. The molecule has 1 fully saturated rings. The van der Waals surface area contributed by atoms with E-state index in [1.807, 2.05) is 6.08 Å². The third kappa shape index (κ3) is 3.92. The van der Waals surface area contributed by atoms with Crippen LogP contribution in [0.3, 0.4) is 0 Å². The van der Waals surface area contributed by atoms with E-state index in [-0.39, 0.29) is 5.97 Å². The topological polar surface area (TPSA) is 26.3 Å². The van der Waals surface area contributed by atoms with Gasteiger partial charge in [0.2, 0.25) is 0 Å². The fourth-order valence-electron chi connectivity index (χ4n) is 1.50. The Bertz CT molecular complexity index is 218. The fraction of sp³-hybridized carbons (Fsp3) is 0.545. The standard InChI is InChI=1S/C11H16O2/c1-13-11(12)9-5-8-10-6-3-2-4-7-10/h5,8-9H,2-4,6-7H2,1H3/b9-5+. The van der Waals surface area contributed by atoms with E-state index < -0.39 is 0 Å². The molecule has 1 saturated carbocycles. The number of rotatable bonds is 2. The van der Waals surface area contributed by atoms with E-state index in [2.05, 4.69) is 4.74 Å². The Balaban J connectivity index is 2.37. The highest BCUT2D eigenvalue weighted by atomic mass is 16.5. The number of carbonyl (C=O) groups is 1. The third-order valence-electron chi connectivity index (χ3n) is 2.26. The molecule has 0 atom stereocenters. The van der Waals surface area contributed by atoms with Gasteiger partial charge in [-0.1, -0.05) is 24.1 Å². The zero-order valence-electron chi connectivity index (χ0n) is 8.08. The van der Waals surface area contributed by atoms with E-state index in [0.717, 1.165) is 0 Å². The van der Waals surface area contributed by atoms with E-state index in [1.54, 1.807) is 6.08 Å². The molecule has 2 nitrogen and oxygen atoms in total. The molecule has 0 amide bonds. The maximum absolute atomic E-state index is 10.7. The van der Waals surface area contributed by atoms with Crippen LogP contribution in [0.5, 0.6) is 0 Å². The first-order chi connectivity index (χ1) is 6.33. The first-order valence-electron chi connectivity index (χ1n) is 4.77. The summed E-state index contributed by atoms with van der Waals surface area (Å²) < 4.78 is 4.48. The van der Waals surface area contributed by atoms with Gasteiger partial charge in [-0.2, -0.15) is 0 Å². The number of allylic oxidation sites excluding steroid dienone is 3. The molecule has 0 aromatic rings. The molecule has 0 spiro atoms. The van der Waals surface area contributed by atoms with Gasteiger partial charge in [-0.05, 0) is 25.7 Å². The van der Waals surface area contributed by atoms with Gasteiger partial charge in [0.25, 0.3) is 0 Å². The van der Waals surface area contributed by atoms with E-state index in [0.29, 0.717) is 0 Å². The van der Waals surface area contributed by atoms with Crippen LogP contribution < -0.4 is 0 Å². The molecule has 13 heavy (non-hydrogen) atoms. The van der Waals surface area contributed by atoms with Gasteiger partial charge >= 0.3 is 5.97 Å². The average molecular weight is 180 g/mol. The summed E-state index contributed by atoms with van der Waals surface area (Å²) in [6.45, 7) is 0. The van der Waals surface area contributed by atoms with E-state index >= 15 is 0 Å². The van der Waals surface area contributed by atoms with Gasteiger partial charge in [-0.25, -0.2) is 4.79 Å². The SMILES string of the molecule is COC(=O)/C=C/C=C1CCCCC1. The quantitative estimate of drug-likeness (QED) is 0.482. The predicted molar refractivity (Wildman–Crippen MR) is 52.3 cm³/mol. The molecule has 0 aromatic carbocycles. The van der Waals surface area contributed by atoms with Crippen molar-refractivity contribution in [2.24, 2.45) is 0 Å². The number of carbonyl (C=O) groups excluding carboxylic acids is 1. The first kappa shape index (κ1) is 10.0. The van der Waals surface area contributed by atoms with Crippen LogP contribution in [-0.2, 0) is 9.53 Å². The van der Waals surface area contributed by atoms with Crippen molar-refractivity contribution in [3.05, 3.63) is 23.8 Å². The maximum Gasteiger partial charge on any atom is 0.330 e. The van der Waals surface area contributed by atoms with Crippen LogP contribution in [0, 0.1) is 0 Å². The molecular formula is C11H16O2. The van der Waals surface area contributed by atoms with Crippen LogP contribution in [0.25, 0.3) is 0 Å². The van der Waals surface area contributed by atoms with Gasteiger partial charge < -0.3 is 4.74 Å². The van der Waals surface area contributed by atoms with Gasteiger partial charge in [-0.3, -0.25) is 0 Å². The second-order valence-electron chi connectivity index (χ2n) is 3.27. The number of ether oxygens (including phenoxy) is 1. The first-order valence-corrected chi connectivity index (χ1v) is 4.77. The van der Waals surface area contributed by atoms with Gasteiger partial charge in [0.05, 0.1) is 7.11 Å². The molecule has 0 radical (unpaired) electrons. The largest absolute Gasteiger partial charge is 0.466 e. The van der Waals surface area contributed by atoms with Crippen LogP contribution >= 0.6 is 0 Å². The Hall–Kier alpha value is -1.05. The summed E-state index contributed by atoms with van der Waals surface area (Å²) in [4.78, 5) is 10.7. The molecule has 1 aliphatic carbocycles. The van der Waals surface area contributed by atoms with Crippen molar-refractivity contribution >= 4 is 5.97 Å². The summed E-state index contributed by atoms with van der Waals surface area (Å²) in [5.74, 6) is -0.285. The summed E-state index contributed by atoms with van der Waals surface area (Å²) in [5.41, 5.74) is 1.45. The minimum absolute atomic E-state index is 0.285. The predicted octanol–water partition coefficient (Wildman–Crippen LogP) is 2.61. The van der Waals surface area contributed by atoms with Gasteiger partial charge in [0, 0.05) is 6.08 Å². The van der Waals surface area contributed by atoms with Crippen LogP contribution in [0.1, 0.15) is 32.1 Å². The van der Waals surface area contributed by atoms with Crippen LogP contribution in [0.15, 0.2) is 23.8 Å². The van der Waals surface area contributed by atoms with Crippen LogP contribution in [0.4, 0.5) is 0 Å². The molecule has 0 heterocycles. The second-order valence-corrected chi connectivity index (χ2v) is 3.27. The van der Waals surface area contributed by atoms with Gasteiger partial charge in [0.1, 0.15) is 0 Å². The Morgan fingerprint density at radius 1 is 1.31 bits per heavy atom. The number of esters is 1. The van der Waals surface area contributed by atoms with Crippen molar-refractivity contribution < 1.29 is 9.53 Å². The summed E-state index contributed by atoms with van der Waals surface area (Å²) in [6.07, 6.45) is 11.6. The molecule has 1 rings (SSSR count). The molecule has 0 aromatic heterocycles. The van der Waals surface area contributed by atoms with Crippen LogP contribution in [0.2, 0.25) is 0 Å². The monoisotopic (exact) mass is 180 g/mol. The highest BCUT2D eigenvalue weighted by Gasteiger charge is 2.03. The fourth-order valence-corrected chi connectivity index (χ4v) is 1.50. The summed E-state index contributed by atoms with van der Waals surface area (Å²) in [7, 11) is 1.39. The highest BCUT2D eigenvalue weighted by molar-refractivity contribution is 5.82. The third-order valence-corrected chi connectivity index (χ3v) is 2.26. The Labute approximate surface area is 79.3 Å². The lowest BCUT2D eigenvalue weighted by molar-refractivity contribution is -0.134. The van der Waals surface area contributed by atoms with Crippen molar-refractivity contribution in [1.82, 2.24) is 0 Å². The lowest BCUT2D eigenvalue weighted by atomic mass is 9.95. The molecule has 1 aliphatic rings. The molecule has 0 unspecified atom stereocenters. The van der Waals surface area contributed by atoms with Crippen molar-refractivity contribution in [2.75, 3.05) is 7.11 Å². The average Bonchev–Trinajstić information content (AvgIpc) is 2.19. The summed E-state index contributed by atoms with van der Waals surface area (Å²) >= 11 is 0. The van der Waals surface area contributed by atoms with E-state index in [4.69, 9.17) is 0 Å². The molecule has 0 saturated heterocycles. The lowest BCUT2D eigenvalue weighted by Gasteiger charge is -2.11. The van der Waals surface area contributed by atoms with Gasteiger partial charge in [-0.15, -0.1) is 0 Å². The van der Waals surface area contributed by atoms with Crippen molar-refractivity contribution in [3.63, 3.8) is 0 Å². The number of hydrogen-bond donors (Lipinski definition) is 0. The van der Waals surface area contributed by atoms with Crippen LogP contribution in [-0.4, -0.2) is 13.1 Å². The van der Waals surface area contributed by atoms with E-state index in [1.165, 1.54) is 50.9 Å². The van der Waals surface area contributed by atoms with Crippen molar-refractivity contribution in [3.8, 4) is 0 Å². The highest BCUT2D eigenvalue weighted by Crippen LogP contribution is 2.22. The smallest absolute Gasteiger partial charge is 0.330 e. The van der Waals surface area contributed by atoms with Crippen molar-refractivity contribution in [2.45, 2.75) is 32.1 Å². The minimum atomic E-state index is -0.285.